The molecule has 0 fully saturated rings. The van der Waals surface area contributed by atoms with Gasteiger partial charge in [-0.3, -0.25) is 9.97 Å². The minimum absolute atomic E-state index is 0.103. The summed E-state index contributed by atoms with van der Waals surface area (Å²) in [7, 11) is -3.46. The molecule has 6 nitrogen and oxygen atoms in total. The van der Waals surface area contributed by atoms with Crippen LogP contribution in [0.2, 0.25) is 0 Å². The van der Waals surface area contributed by atoms with E-state index >= 15 is 0 Å². The first-order valence-electron chi connectivity index (χ1n) is 6.22. The summed E-state index contributed by atoms with van der Waals surface area (Å²) in [6.45, 7) is 1.91. The molecular weight excluding hydrogens is 288 g/mol. The van der Waals surface area contributed by atoms with Crippen molar-refractivity contribution in [3.8, 4) is 6.07 Å². The molecule has 0 radical (unpaired) electrons. The smallest absolute Gasteiger partial charge is 0.216 e. The van der Waals surface area contributed by atoms with E-state index in [1.165, 1.54) is 0 Å². The van der Waals surface area contributed by atoms with Crippen molar-refractivity contribution in [1.29, 1.82) is 5.26 Å². The molecule has 0 unspecified atom stereocenters. The molecule has 2 aromatic rings. The second-order valence-electron chi connectivity index (χ2n) is 4.54. The quantitative estimate of drug-likeness (QED) is 0.897. The minimum Gasteiger partial charge on any atom is -0.258 e. The van der Waals surface area contributed by atoms with E-state index in [9.17, 15) is 8.42 Å². The zero-order valence-electron chi connectivity index (χ0n) is 11.4. The molecule has 0 saturated carbocycles. The van der Waals surface area contributed by atoms with Gasteiger partial charge in [0.15, 0.2) is 0 Å². The van der Waals surface area contributed by atoms with Gasteiger partial charge in [0.05, 0.1) is 41.5 Å². The number of hydrogen-bond donors (Lipinski definition) is 1. The predicted octanol–water partition coefficient (Wildman–Crippen LogP) is 1.28. The molecule has 108 valence electrons. The van der Waals surface area contributed by atoms with Crippen LogP contribution >= 0.6 is 0 Å². The summed E-state index contributed by atoms with van der Waals surface area (Å²) in [6.07, 6.45) is 3.13. The van der Waals surface area contributed by atoms with Gasteiger partial charge in [-0.25, -0.2) is 13.1 Å². The standard InChI is InChI=1S/C14H14N4O2S/c1-11-7-17-14(8-16-11)9-18-21(19,20)10-13-4-2-12(6-15)3-5-13/h2-5,7-8,18H,9-10H2,1H3. The second kappa shape index (κ2) is 6.43. The Morgan fingerprint density at radius 2 is 1.90 bits per heavy atom. The maximum atomic E-state index is 12.0. The van der Waals surface area contributed by atoms with Crippen molar-refractivity contribution in [2.24, 2.45) is 0 Å². The highest BCUT2D eigenvalue weighted by Crippen LogP contribution is 2.07. The number of benzene rings is 1. The van der Waals surface area contributed by atoms with Crippen LogP contribution in [0.3, 0.4) is 0 Å². The summed E-state index contributed by atoms with van der Waals surface area (Å²) in [4.78, 5) is 8.14. The van der Waals surface area contributed by atoms with Gasteiger partial charge in [-0.05, 0) is 24.6 Å². The van der Waals surface area contributed by atoms with E-state index in [1.54, 1.807) is 36.7 Å². The maximum Gasteiger partial charge on any atom is 0.216 e. The Kier molecular flexibility index (Phi) is 4.62. The Morgan fingerprint density at radius 1 is 1.19 bits per heavy atom. The van der Waals surface area contributed by atoms with Gasteiger partial charge in [0.25, 0.3) is 0 Å². The molecule has 1 heterocycles. The normalized spacial score (nSPS) is 11.0. The molecule has 7 heteroatoms. The van der Waals surface area contributed by atoms with Crippen molar-refractivity contribution in [3.05, 3.63) is 59.2 Å². The Morgan fingerprint density at radius 3 is 2.48 bits per heavy atom. The average Bonchev–Trinajstić information content (AvgIpc) is 2.47. The first-order valence-corrected chi connectivity index (χ1v) is 7.87. The van der Waals surface area contributed by atoms with Crippen molar-refractivity contribution in [2.75, 3.05) is 0 Å². The van der Waals surface area contributed by atoms with Crippen LogP contribution in [0.4, 0.5) is 0 Å². The summed E-state index contributed by atoms with van der Waals surface area (Å²) in [6, 6.07) is 8.43. The Bertz CT molecular complexity index is 747. The molecule has 1 aromatic carbocycles. The summed E-state index contributed by atoms with van der Waals surface area (Å²) in [5.74, 6) is -0.141. The largest absolute Gasteiger partial charge is 0.258 e. The van der Waals surface area contributed by atoms with E-state index in [4.69, 9.17) is 5.26 Å². The zero-order chi connectivity index (χ0) is 15.3. The first kappa shape index (κ1) is 15.1. The fraction of sp³-hybridized carbons (Fsp3) is 0.214. The predicted molar refractivity (Wildman–Crippen MR) is 77.4 cm³/mol. The van der Waals surface area contributed by atoms with Crippen molar-refractivity contribution in [3.63, 3.8) is 0 Å². The molecule has 0 aliphatic heterocycles. The third-order valence-corrected chi connectivity index (χ3v) is 4.04. The fourth-order valence-electron chi connectivity index (χ4n) is 1.64. The van der Waals surface area contributed by atoms with Gasteiger partial charge in [-0.15, -0.1) is 0 Å². The SMILES string of the molecule is Cc1cnc(CNS(=O)(=O)Cc2ccc(C#N)cc2)cn1. The highest BCUT2D eigenvalue weighted by molar-refractivity contribution is 7.88. The van der Waals surface area contributed by atoms with Crippen LogP contribution in [0.5, 0.6) is 0 Å². The van der Waals surface area contributed by atoms with Gasteiger partial charge in [-0.1, -0.05) is 12.1 Å². The molecule has 1 aromatic heterocycles. The molecule has 0 aliphatic carbocycles. The molecule has 0 saturated heterocycles. The summed E-state index contributed by atoms with van der Waals surface area (Å²) >= 11 is 0. The van der Waals surface area contributed by atoms with Crippen molar-refractivity contribution in [1.82, 2.24) is 14.7 Å². The van der Waals surface area contributed by atoms with Crippen molar-refractivity contribution in [2.45, 2.75) is 19.2 Å². The molecule has 0 bridgehead atoms. The topological polar surface area (TPSA) is 95.7 Å². The van der Waals surface area contributed by atoms with Gasteiger partial charge < -0.3 is 0 Å². The molecule has 0 aliphatic rings. The minimum atomic E-state index is -3.46. The van der Waals surface area contributed by atoms with E-state index in [0.29, 0.717) is 16.8 Å². The molecule has 0 amide bonds. The Balaban J connectivity index is 1.98. The molecule has 21 heavy (non-hydrogen) atoms. The van der Waals surface area contributed by atoms with E-state index < -0.39 is 10.0 Å². The third kappa shape index (κ3) is 4.63. The molecule has 0 atom stereocenters. The van der Waals surface area contributed by atoms with E-state index in [-0.39, 0.29) is 12.3 Å². The molecular formula is C14H14N4O2S. The van der Waals surface area contributed by atoms with Crippen LogP contribution in [0.25, 0.3) is 0 Å². The number of aryl methyl sites for hydroxylation is 1. The van der Waals surface area contributed by atoms with E-state index in [0.717, 1.165) is 5.69 Å². The average molecular weight is 302 g/mol. The van der Waals surface area contributed by atoms with Crippen LogP contribution in [0.15, 0.2) is 36.7 Å². The lowest BCUT2D eigenvalue weighted by Crippen LogP contribution is -2.25. The molecule has 1 N–H and O–H groups in total. The maximum absolute atomic E-state index is 12.0. The first-order chi connectivity index (χ1) is 9.98. The number of aromatic nitrogens is 2. The van der Waals surface area contributed by atoms with Gasteiger partial charge in [0.2, 0.25) is 10.0 Å². The van der Waals surface area contributed by atoms with E-state index in [1.807, 2.05) is 13.0 Å². The number of nitrogens with zero attached hydrogens (tertiary/aromatic N) is 3. The number of nitriles is 1. The Labute approximate surface area is 123 Å². The lowest BCUT2D eigenvalue weighted by atomic mass is 10.2. The van der Waals surface area contributed by atoms with Gasteiger partial charge in [0, 0.05) is 6.20 Å². The lowest BCUT2D eigenvalue weighted by molar-refractivity contribution is 0.579. The lowest BCUT2D eigenvalue weighted by Gasteiger charge is -2.06. The number of sulfonamides is 1. The van der Waals surface area contributed by atoms with Gasteiger partial charge in [0.1, 0.15) is 0 Å². The number of rotatable bonds is 5. The van der Waals surface area contributed by atoms with Crippen LogP contribution in [-0.2, 0) is 22.3 Å². The zero-order valence-corrected chi connectivity index (χ0v) is 12.3. The summed E-state index contributed by atoms with van der Waals surface area (Å²) in [5.41, 5.74) is 2.46. The number of nitrogens with one attached hydrogen (secondary N) is 1. The van der Waals surface area contributed by atoms with Gasteiger partial charge >= 0.3 is 0 Å². The second-order valence-corrected chi connectivity index (χ2v) is 6.34. The monoisotopic (exact) mass is 302 g/mol. The van der Waals surface area contributed by atoms with Crippen molar-refractivity contribution < 1.29 is 8.42 Å². The van der Waals surface area contributed by atoms with Crippen LogP contribution in [0, 0.1) is 18.3 Å². The van der Waals surface area contributed by atoms with Crippen LogP contribution in [0.1, 0.15) is 22.5 Å². The third-order valence-electron chi connectivity index (χ3n) is 2.75. The molecule has 0 spiro atoms. The van der Waals surface area contributed by atoms with E-state index in [2.05, 4.69) is 14.7 Å². The summed E-state index contributed by atoms with van der Waals surface area (Å²) in [5, 5.41) is 8.70. The summed E-state index contributed by atoms with van der Waals surface area (Å²) < 4.78 is 26.4. The van der Waals surface area contributed by atoms with Crippen LogP contribution in [-0.4, -0.2) is 18.4 Å². The Hall–Kier alpha value is -2.30. The van der Waals surface area contributed by atoms with Crippen LogP contribution < -0.4 is 4.72 Å². The van der Waals surface area contributed by atoms with Crippen molar-refractivity contribution >= 4 is 10.0 Å². The number of hydrogen-bond acceptors (Lipinski definition) is 5. The highest BCUT2D eigenvalue weighted by atomic mass is 32.2. The highest BCUT2D eigenvalue weighted by Gasteiger charge is 2.11. The fourth-order valence-corrected chi connectivity index (χ4v) is 2.74. The molecule has 2 rings (SSSR count). The van der Waals surface area contributed by atoms with Gasteiger partial charge in [-0.2, -0.15) is 5.26 Å².